The first kappa shape index (κ1) is 14.3. The minimum Gasteiger partial charge on any atom is -0.508 e. The quantitative estimate of drug-likeness (QED) is 0.543. The van der Waals surface area contributed by atoms with Crippen molar-refractivity contribution in [2.24, 2.45) is 0 Å². The number of carbonyl (C=O) groups excluding carboxylic acids is 1. The molecular weight excluding hydrogens is 292 g/mol. The van der Waals surface area contributed by atoms with Gasteiger partial charge in [0.2, 0.25) is 0 Å². The summed E-state index contributed by atoms with van der Waals surface area (Å²) in [5, 5.41) is 11.3. The van der Waals surface area contributed by atoms with Gasteiger partial charge in [-0.05, 0) is 40.8 Å². The summed E-state index contributed by atoms with van der Waals surface area (Å²) < 4.78 is 0. The molecule has 0 aliphatic rings. The maximum absolute atomic E-state index is 12.1. The number of benzene rings is 2. The first-order valence-corrected chi connectivity index (χ1v) is 7.76. The summed E-state index contributed by atoms with van der Waals surface area (Å²) in [6.07, 6.45) is 3.29. The largest absolute Gasteiger partial charge is 0.508 e. The molecule has 0 aliphatic heterocycles. The molecule has 3 heteroatoms. The number of phenolic OH excluding ortho intramolecular Hbond substituents is 1. The Kier molecular flexibility index (Phi) is 4.17. The van der Waals surface area contributed by atoms with Crippen LogP contribution in [0, 0.1) is 0 Å². The average Bonchev–Trinajstić information content (AvgIpc) is 3.09. The summed E-state index contributed by atoms with van der Waals surface area (Å²) in [6.45, 7) is 0. The molecule has 1 aromatic heterocycles. The molecule has 0 fully saturated rings. The minimum atomic E-state index is -0.0363. The van der Waals surface area contributed by atoms with Crippen LogP contribution in [0.2, 0.25) is 0 Å². The third kappa shape index (κ3) is 3.32. The Morgan fingerprint density at radius 2 is 1.68 bits per heavy atom. The van der Waals surface area contributed by atoms with E-state index in [0.717, 1.165) is 11.1 Å². The van der Waals surface area contributed by atoms with E-state index in [9.17, 15) is 9.90 Å². The molecule has 1 heterocycles. The Bertz CT molecular complexity index is 782. The number of phenols is 1. The van der Waals surface area contributed by atoms with E-state index in [0.29, 0.717) is 5.56 Å². The molecule has 22 heavy (non-hydrogen) atoms. The molecule has 0 spiro atoms. The number of thiophene rings is 1. The third-order valence-corrected chi connectivity index (χ3v) is 4.21. The maximum Gasteiger partial charge on any atom is 0.185 e. The van der Waals surface area contributed by atoms with Crippen molar-refractivity contribution in [2.75, 3.05) is 0 Å². The van der Waals surface area contributed by atoms with E-state index in [1.807, 2.05) is 35.7 Å². The summed E-state index contributed by atoms with van der Waals surface area (Å²) in [5.74, 6) is 0.179. The molecule has 0 saturated carbocycles. The van der Waals surface area contributed by atoms with Crippen molar-refractivity contribution in [3.8, 4) is 16.2 Å². The van der Waals surface area contributed by atoms with Crippen molar-refractivity contribution >= 4 is 23.2 Å². The maximum atomic E-state index is 12.1. The fourth-order valence-electron chi connectivity index (χ4n) is 2.10. The number of aromatic hydroxyl groups is 1. The number of hydrogen-bond acceptors (Lipinski definition) is 3. The topological polar surface area (TPSA) is 37.3 Å². The highest BCUT2D eigenvalue weighted by atomic mass is 32.1. The lowest BCUT2D eigenvalue weighted by Gasteiger charge is -2.00. The normalized spacial score (nSPS) is 10.9. The van der Waals surface area contributed by atoms with Gasteiger partial charge < -0.3 is 5.11 Å². The van der Waals surface area contributed by atoms with Crippen molar-refractivity contribution in [1.29, 1.82) is 0 Å². The highest BCUT2D eigenvalue weighted by Crippen LogP contribution is 2.24. The molecule has 108 valence electrons. The van der Waals surface area contributed by atoms with Gasteiger partial charge in [-0.25, -0.2) is 0 Å². The molecule has 2 nitrogen and oxygen atoms in total. The molecule has 0 amide bonds. The molecular formula is C19H14O2S. The molecule has 3 aromatic rings. The summed E-state index contributed by atoms with van der Waals surface area (Å²) in [4.78, 5) is 13.3. The minimum absolute atomic E-state index is 0.0363. The smallest absolute Gasteiger partial charge is 0.185 e. The van der Waals surface area contributed by atoms with Crippen molar-refractivity contribution in [1.82, 2.24) is 0 Å². The van der Waals surface area contributed by atoms with E-state index < -0.39 is 0 Å². The van der Waals surface area contributed by atoms with Gasteiger partial charge in [-0.1, -0.05) is 48.5 Å². The second kappa shape index (κ2) is 6.41. The van der Waals surface area contributed by atoms with Crippen molar-refractivity contribution < 1.29 is 9.90 Å². The van der Waals surface area contributed by atoms with E-state index in [2.05, 4.69) is 6.07 Å². The first-order chi connectivity index (χ1) is 10.7. The summed E-state index contributed by atoms with van der Waals surface area (Å²) in [6, 6.07) is 18.4. The Hall–Kier alpha value is -2.65. The summed E-state index contributed by atoms with van der Waals surface area (Å²) in [5.41, 5.74) is 2.66. The fraction of sp³-hybridized carbons (Fsp3) is 0. The van der Waals surface area contributed by atoms with Crippen molar-refractivity contribution in [2.45, 2.75) is 0 Å². The summed E-state index contributed by atoms with van der Waals surface area (Å²) >= 11 is 1.68. The highest BCUT2D eigenvalue weighted by Gasteiger charge is 2.03. The number of ketones is 1. The molecule has 0 atom stereocenters. The lowest BCUT2D eigenvalue weighted by molar-refractivity contribution is 0.104. The van der Waals surface area contributed by atoms with Gasteiger partial charge in [0.25, 0.3) is 0 Å². The summed E-state index contributed by atoms with van der Waals surface area (Å²) in [7, 11) is 0. The molecule has 0 aliphatic carbocycles. The van der Waals surface area contributed by atoms with Crippen molar-refractivity contribution in [3.63, 3.8) is 0 Å². The van der Waals surface area contributed by atoms with Crippen molar-refractivity contribution in [3.05, 3.63) is 83.2 Å². The van der Waals surface area contributed by atoms with Crippen LogP contribution in [0.25, 0.3) is 16.5 Å². The van der Waals surface area contributed by atoms with Crippen LogP contribution in [0.4, 0.5) is 0 Å². The Morgan fingerprint density at radius 1 is 0.955 bits per heavy atom. The van der Waals surface area contributed by atoms with E-state index in [1.54, 1.807) is 47.8 Å². The van der Waals surface area contributed by atoms with Gasteiger partial charge >= 0.3 is 0 Å². The van der Waals surface area contributed by atoms with Crippen LogP contribution in [0.1, 0.15) is 15.9 Å². The zero-order chi connectivity index (χ0) is 15.4. The fourth-order valence-corrected chi connectivity index (χ4v) is 2.83. The zero-order valence-corrected chi connectivity index (χ0v) is 12.6. The molecule has 3 rings (SSSR count). The number of rotatable bonds is 4. The average molecular weight is 306 g/mol. The van der Waals surface area contributed by atoms with Crippen LogP contribution < -0.4 is 0 Å². The van der Waals surface area contributed by atoms with Gasteiger partial charge in [0.15, 0.2) is 5.78 Å². The lowest BCUT2D eigenvalue weighted by atomic mass is 10.1. The van der Waals surface area contributed by atoms with Gasteiger partial charge in [-0.3, -0.25) is 4.79 Å². The highest BCUT2D eigenvalue weighted by molar-refractivity contribution is 7.13. The van der Waals surface area contributed by atoms with E-state index in [-0.39, 0.29) is 11.5 Å². The monoisotopic (exact) mass is 306 g/mol. The molecule has 0 saturated heterocycles. The van der Waals surface area contributed by atoms with Crippen LogP contribution in [0.3, 0.4) is 0 Å². The van der Waals surface area contributed by atoms with Crippen LogP contribution >= 0.6 is 11.3 Å². The lowest BCUT2D eigenvalue weighted by Crippen LogP contribution is -1.93. The van der Waals surface area contributed by atoms with Gasteiger partial charge in [0.05, 0.1) is 0 Å². The van der Waals surface area contributed by atoms with Crippen LogP contribution in [-0.4, -0.2) is 10.9 Å². The molecule has 1 N–H and O–H groups in total. The van der Waals surface area contributed by atoms with Crippen LogP contribution in [0.15, 0.2) is 72.1 Å². The van der Waals surface area contributed by atoms with Crippen LogP contribution in [-0.2, 0) is 0 Å². The second-order valence-electron chi connectivity index (χ2n) is 4.84. The molecule has 2 aromatic carbocycles. The van der Waals surface area contributed by atoms with Gasteiger partial charge in [0.1, 0.15) is 5.75 Å². The van der Waals surface area contributed by atoms with E-state index in [1.165, 1.54) is 4.88 Å². The predicted molar refractivity (Wildman–Crippen MR) is 91.2 cm³/mol. The first-order valence-electron chi connectivity index (χ1n) is 6.88. The zero-order valence-electron chi connectivity index (χ0n) is 11.8. The van der Waals surface area contributed by atoms with Gasteiger partial charge in [0, 0.05) is 10.4 Å². The Labute approximate surface area is 133 Å². The standard InChI is InChI=1S/C19H14O2S/c20-17-10-3-14(4-11-17)5-12-18(21)15-6-8-16(9-7-15)19-2-1-13-22-19/h1-13,20H. The SMILES string of the molecule is O=C(C=Cc1ccc(O)cc1)c1ccc(-c2cccs2)cc1. The van der Waals surface area contributed by atoms with E-state index >= 15 is 0 Å². The van der Waals surface area contributed by atoms with Gasteiger partial charge in [-0.2, -0.15) is 0 Å². The second-order valence-corrected chi connectivity index (χ2v) is 5.79. The Balaban J connectivity index is 1.73. The number of allylic oxidation sites excluding steroid dienone is 1. The van der Waals surface area contributed by atoms with Gasteiger partial charge in [-0.15, -0.1) is 11.3 Å². The third-order valence-electron chi connectivity index (χ3n) is 3.30. The molecule has 0 bridgehead atoms. The number of carbonyl (C=O) groups is 1. The number of hydrogen-bond donors (Lipinski definition) is 1. The molecule has 0 unspecified atom stereocenters. The Morgan fingerprint density at radius 3 is 2.32 bits per heavy atom. The van der Waals surface area contributed by atoms with E-state index in [4.69, 9.17) is 0 Å². The predicted octanol–water partition coefficient (Wildman–Crippen LogP) is 5.02. The molecule has 0 radical (unpaired) electrons. The van der Waals surface area contributed by atoms with Crippen LogP contribution in [0.5, 0.6) is 5.75 Å².